The van der Waals surface area contributed by atoms with Gasteiger partial charge in [-0.3, -0.25) is 13.8 Å². The first kappa shape index (κ1) is 25.4. The molecule has 0 aliphatic rings. The lowest BCUT2D eigenvalue weighted by Gasteiger charge is -2.18. The number of nitrogens with zero attached hydrogens (tertiary/aromatic N) is 1. The van der Waals surface area contributed by atoms with Crippen molar-refractivity contribution < 1.29 is 21.6 Å². The maximum absolute atomic E-state index is 12.7. The number of nitrogens with one attached hydrogen (secondary N) is 2. The number of sulfonamides is 2. The first-order chi connectivity index (χ1) is 17.1. The Morgan fingerprint density at radius 2 is 1.50 bits per heavy atom. The van der Waals surface area contributed by atoms with Crippen molar-refractivity contribution in [2.24, 2.45) is 0 Å². The third-order valence-corrected chi connectivity index (χ3v) is 9.95. The first-order valence-electron chi connectivity index (χ1n) is 10.7. The van der Waals surface area contributed by atoms with E-state index in [0.717, 1.165) is 21.2 Å². The molecule has 0 aliphatic carbocycles. The fourth-order valence-corrected chi connectivity index (χ4v) is 6.81. The van der Waals surface area contributed by atoms with Gasteiger partial charge >= 0.3 is 0 Å². The molecule has 4 rings (SSSR count). The van der Waals surface area contributed by atoms with E-state index >= 15 is 0 Å². The van der Waals surface area contributed by atoms with Crippen molar-refractivity contribution in [1.29, 1.82) is 0 Å². The van der Waals surface area contributed by atoms with E-state index in [1.165, 1.54) is 49.5 Å². The Morgan fingerprint density at radius 1 is 0.833 bits per heavy atom. The molecule has 4 aromatic rings. The van der Waals surface area contributed by atoms with Gasteiger partial charge < -0.3 is 5.32 Å². The van der Waals surface area contributed by atoms with E-state index in [0.29, 0.717) is 22.6 Å². The van der Waals surface area contributed by atoms with Gasteiger partial charge in [-0.05, 0) is 78.5 Å². The van der Waals surface area contributed by atoms with Crippen molar-refractivity contribution in [3.05, 3.63) is 101 Å². The van der Waals surface area contributed by atoms with Crippen LogP contribution < -0.4 is 14.3 Å². The van der Waals surface area contributed by atoms with Crippen molar-refractivity contribution in [2.45, 2.75) is 16.0 Å². The van der Waals surface area contributed by atoms with E-state index in [-0.39, 0.29) is 9.10 Å². The van der Waals surface area contributed by atoms with E-state index in [1.54, 1.807) is 35.7 Å². The van der Waals surface area contributed by atoms with Gasteiger partial charge in [0.2, 0.25) is 0 Å². The zero-order valence-corrected chi connectivity index (χ0v) is 21.8. The topological polar surface area (TPSA) is 113 Å². The van der Waals surface area contributed by atoms with Crippen LogP contribution >= 0.6 is 11.3 Å². The summed E-state index contributed by atoms with van der Waals surface area (Å²) >= 11 is 1.13. The number of carbonyl (C=O) groups is 1. The minimum Gasteiger partial charge on any atom is -0.322 e. The molecule has 1 aromatic heterocycles. The number of hydrogen-bond acceptors (Lipinski definition) is 6. The number of anilines is 3. The molecular weight excluding hydrogens is 518 g/mol. The van der Waals surface area contributed by atoms with Crippen molar-refractivity contribution in [3.63, 3.8) is 0 Å². The van der Waals surface area contributed by atoms with Crippen LogP contribution in [-0.4, -0.2) is 29.8 Å². The highest BCUT2D eigenvalue weighted by Gasteiger charge is 2.22. The van der Waals surface area contributed by atoms with Crippen LogP contribution in [0.4, 0.5) is 17.1 Å². The van der Waals surface area contributed by atoms with Crippen LogP contribution in [0.2, 0.25) is 0 Å². The van der Waals surface area contributed by atoms with Gasteiger partial charge in [0, 0.05) is 18.3 Å². The zero-order chi connectivity index (χ0) is 25.9. The highest BCUT2D eigenvalue weighted by Crippen LogP contribution is 2.26. The van der Waals surface area contributed by atoms with Gasteiger partial charge in [-0.1, -0.05) is 24.3 Å². The Kier molecular flexibility index (Phi) is 7.16. The summed E-state index contributed by atoms with van der Waals surface area (Å²) in [7, 11) is -6.01. The molecule has 0 bridgehead atoms. The maximum Gasteiger partial charge on any atom is 0.273 e. The third-order valence-electron chi connectivity index (χ3n) is 5.41. The highest BCUT2D eigenvalue weighted by molar-refractivity contribution is 7.94. The van der Waals surface area contributed by atoms with Crippen molar-refractivity contribution in [1.82, 2.24) is 0 Å². The second-order valence-electron chi connectivity index (χ2n) is 7.85. The summed E-state index contributed by atoms with van der Waals surface area (Å²) in [5.74, 6) is -0.418. The Morgan fingerprint density at radius 3 is 2.11 bits per heavy atom. The smallest absolute Gasteiger partial charge is 0.273 e. The van der Waals surface area contributed by atoms with Gasteiger partial charge in [0.05, 0.1) is 16.3 Å². The lowest BCUT2D eigenvalue weighted by molar-refractivity contribution is 0.102. The molecule has 36 heavy (non-hydrogen) atoms. The number of benzene rings is 3. The molecule has 0 saturated heterocycles. The number of carbonyl (C=O) groups excluding carboxylic acids is 1. The molecule has 2 N–H and O–H groups in total. The molecule has 8 nitrogen and oxygen atoms in total. The van der Waals surface area contributed by atoms with E-state index < -0.39 is 26.0 Å². The number of aryl methyl sites for hydroxylation is 1. The van der Waals surface area contributed by atoms with Crippen LogP contribution in [0, 0.1) is 6.92 Å². The van der Waals surface area contributed by atoms with Crippen molar-refractivity contribution in [3.8, 4) is 0 Å². The Bertz CT molecular complexity index is 1580. The Hall–Kier alpha value is -3.67. The van der Waals surface area contributed by atoms with Crippen LogP contribution in [0.3, 0.4) is 0 Å². The van der Waals surface area contributed by atoms with Gasteiger partial charge in [0.1, 0.15) is 4.21 Å². The summed E-state index contributed by atoms with van der Waals surface area (Å²) in [5.41, 5.74) is 2.43. The molecule has 0 radical (unpaired) electrons. The predicted octanol–water partition coefficient (Wildman–Crippen LogP) is 4.93. The quantitative estimate of drug-likeness (QED) is 0.328. The second kappa shape index (κ2) is 10.1. The monoisotopic (exact) mass is 541 g/mol. The molecule has 186 valence electrons. The van der Waals surface area contributed by atoms with E-state index in [4.69, 9.17) is 0 Å². The summed E-state index contributed by atoms with van der Waals surface area (Å²) in [6.45, 7) is 1.81. The zero-order valence-electron chi connectivity index (χ0n) is 19.4. The molecule has 1 heterocycles. The summed E-state index contributed by atoms with van der Waals surface area (Å²) < 4.78 is 54.7. The Labute approximate surface area is 214 Å². The number of para-hydroxylation sites is 1. The molecular formula is C25H23N3O5S3. The van der Waals surface area contributed by atoms with E-state index in [1.807, 2.05) is 19.1 Å². The van der Waals surface area contributed by atoms with Crippen LogP contribution in [0.1, 0.15) is 15.9 Å². The van der Waals surface area contributed by atoms with Crippen LogP contribution in [0.15, 0.2) is 99.4 Å². The van der Waals surface area contributed by atoms with Gasteiger partial charge in [0.15, 0.2) is 0 Å². The summed E-state index contributed by atoms with van der Waals surface area (Å²) in [5, 5.41) is 4.40. The van der Waals surface area contributed by atoms with Gasteiger partial charge in [0.25, 0.3) is 26.0 Å². The molecule has 0 spiro atoms. The Balaban J connectivity index is 1.43. The van der Waals surface area contributed by atoms with Crippen LogP contribution in [0.5, 0.6) is 0 Å². The lowest BCUT2D eigenvalue weighted by Crippen LogP contribution is -2.25. The van der Waals surface area contributed by atoms with Crippen LogP contribution in [0.25, 0.3) is 0 Å². The predicted molar refractivity (Wildman–Crippen MR) is 143 cm³/mol. The minimum absolute atomic E-state index is 0.0584. The van der Waals surface area contributed by atoms with Gasteiger partial charge in [-0.25, -0.2) is 16.8 Å². The average Bonchev–Trinajstić information content (AvgIpc) is 3.41. The van der Waals surface area contributed by atoms with E-state index in [2.05, 4.69) is 10.0 Å². The summed E-state index contributed by atoms with van der Waals surface area (Å²) in [4.78, 5) is 12.7. The number of rotatable bonds is 8. The minimum atomic E-state index is -3.79. The van der Waals surface area contributed by atoms with Crippen molar-refractivity contribution in [2.75, 3.05) is 21.4 Å². The maximum atomic E-state index is 12.7. The van der Waals surface area contributed by atoms with Gasteiger partial charge in [-0.2, -0.15) is 0 Å². The average molecular weight is 542 g/mol. The number of amides is 1. The summed E-state index contributed by atoms with van der Waals surface area (Å²) in [6.07, 6.45) is 0. The lowest BCUT2D eigenvalue weighted by atomic mass is 10.2. The van der Waals surface area contributed by atoms with Crippen molar-refractivity contribution >= 4 is 54.4 Å². The molecule has 0 unspecified atom stereocenters. The van der Waals surface area contributed by atoms with Gasteiger partial charge in [-0.15, -0.1) is 11.3 Å². The number of hydrogen-bond donors (Lipinski definition) is 2. The summed E-state index contributed by atoms with van der Waals surface area (Å²) in [6, 6.07) is 22.2. The number of thiophene rings is 1. The molecule has 1 amide bonds. The molecule has 11 heteroatoms. The highest BCUT2D eigenvalue weighted by atomic mass is 32.2. The molecule has 0 fully saturated rings. The third kappa shape index (κ3) is 5.43. The fraction of sp³-hybridized carbons (Fsp3) is 0.0800. The molecule has 0 atom stereocenters. The fourth-order valence-electron chi connectivity index (χ4n) is 3.32. The largest absolute Gasteiger partial charge is 0.322 e. The normalized spacial score (nSPS) is 11.6. The molecule has 0 aliphatic heterocycles. The molecule has 0 saturated carbocycles. The van der Waals surface area contributed by atoms with E-state index in [9.17, 15) is 21.6 Å². The standard InChI is InChI=1S/C25H23N3O5S3/c1-18-6-3-4-7-23(18)27-35(30,31)22-15-11-20(12-16-22)26-25(29)19-9-13-21(14-10-19)28(2)36(32,33)24-8-5-17-34-24/h3-17,27H,1-2H3,(H,26,29). The SMILES string of the molecule is Cc1ccccc1NS(=O)(=O)c1ccc(NC(=O)c2ccc(N(C)S(=O)(=O)c3cccs3)cc2)cc1. The first-order valence-corrected chi connectivity index (χ1v) is 14.5. The second-order valence-corrected chi connectivity index (χ2v) is 12.7. The molecule has 3 aromatic carbocycles. The van der Waals surface area contributed by atoms with Crippen LogP contribution in [-0.2, 0) is 20.0 Å².